The summed E-state index contributed by atoms with van der Waals surface area (Å²) >= 11 is 0. The molecule has 1 fully saturated rings. The number of nitrogens with zero attached hydrogens (tertiary/aromatic N) is 7. The zero-order valence-electron chi connectivity index (χ0n) is 23.4. The van der Waals surface area contributed by atoms with Crippen molar-refractivity contribution in [3.63, 3.8) is 0 Å². The second-order valence-corrected chi connectivity index (χ2v) is 10.8. The summed E-state index contributed by atoms with van der Waals surface area (Å²) in [6.07, 6.45) is 1.88. The number of pyridine rings is 1. The van der Waals surface area contributed by atoms with Gasteiger partial charge >= 0.3 is 6.03 Å². The van der Waals surface area contributed by atoms with Crippen molar-refractivity contribution in [2.45, 2.75) is 44.7 Å². The molecule has 0 spiro atoms. The van der Waals surface area contributed by atoms with Gasteiger partial charge in [-0.15, -0.1) is 0 Å². The van der Waals surface area contributed by atoms with Crippen LogP contribution in [-0.4, -0.2) is 73.2 Å². The van der Waals surface area contributed by atoms with Crippen LogP contribution in [0.3, 0.4) is 0 Å². The number of amides is 3. The molecule has 3 amide bonds. The molecule has 0 bridgehead atoms. The minimum atomic E-state index is -2.74. The van der Waals surface area contributed by atoms with Gasteiger partial charge in [0.1, 0.15) is 11.9 Å². The van der Waals surface area contributed by atoms with E-state index in [0.29, 0.717) is 60.2 Å². The molecule has 5 heterocycles. The Morgan fingerprint density at radius 2 is 1.88 bits per heavy atom. The van der Waals surface area contributed by atoms with Gasteiger partial charge in [-0.2, -0.15) is 5.10 Å². The van der Waals surface area contributed by atoms with Crippen molar-refractivity contribution in [2.24, 2.45) is 7.05 Å². The summed E-state index contributed by atoms with van der Waals surface area (Å²) in [4.78, 5) is 38.5. The maximum atomic E-state index is 14.4. The molecular weight excluding hydrogens is 530 g/mol. The Hall–Kier alpha value is -4.35. The number of likely N-dealkylation sites (N-methyl/N-ethyl adjacent to an activating group) is 1. The lowest BCUT2D eigenvalue weighted by molar-refractivity contribution is -0.135. The lowest BCUT2D eigenvalue weighted by Gasteiger charge is -2.35. The van der Waals surface area contributed by atoms with Gasteiger partial charge in [0.25, 0.3) is 6.43 Å². The highest BCUT2D eigenvalue weighted by atomic mass is 19.3. The second-order valence-electron chi connectivity index (χ2n) is 10.8. The van der Waals surface area contributed by atoms with Crippen molar-refractivity contribution in [1.29, 1.82) is 0 Å². The highest BCUT2D eigenvalue weighted by molar-refractivity contribution is 5.96. The fraction of sp³-hybridized carbons (Fsp3) is 0.414. The van der Waals surface area contributed by atoms with Gasteiger partial charge in [0.15, 0.2) is 0 Å². The molecule has 0 saturated carbocycles. The standard InChI is InChI=1S/C29H32F2N8O2/c1-16-28(40)36(3)15-23-25(35-27(39(16)23)17-8-10-38(11-9-17)29(41)32-2)19-6-5-7-22-20(19)12-21(26(30)31)24(34-22)18-13-33-37(4)14-18/h5-7,12-14,16-17,26H,8-11,15H2,1-4H3,(H,32,41). The topological polar surface area (TPSA) is 101 Å². The average Bonchev–Trinajstić information content (AvgIpc) is 3.58. The number of aromatic nitrogens is 5. The molecule has 1 saturated heterocycles. The van der Waals surface area contributed by atoms with Crippen LogP contribution in [0.4, 0.5) is 13.6 Å². The molecule has 1 aromatic carbocycles. The van der Waals surface area contributed by atoms with Crippen LogP contribution in [0.15, 0.2) is 36.7 Å². The van der Waals surface area contributed by atoms with Crippen LogP contribution in [0.2, 0.25) is 0 Å². The molecule has 41 heavy (non-hydrogen) atoms. The number of benzene rings is 1. The lowest BCUT2D eigenvalue weighted by atomic mass is 9.95. The Labute approximate surface area is 236 Å². The molecule has 2 aliphatic rings. The summed E-state index contributed by atoms with van der Waals surface area (Å²) < 4.78 is 32.4. The number of halogens is 2. The van der Waals surface area contributed by atoms with Gasteiger partial charge in [-0.05, 0) is 31.9 Å². The van der Waals surface area contributed by atoms with Crippen molar-refractivity contribution >= 4 is 22.8 Å². The van der Waals surface area contributed by atoms with Gasteiger partial charge in [0.2, 0.25) is 5.91 Å². The summed E-state index contributed by atoms with van der Waals surface area (Å²) in [5.74, 6) is 0.835. The Morgan fingerprint density at radius 1 is 1.12 bits per heavy atom. The number of likely N-dealkylation sites (tertiary alicyclic amines) is 1. The number of carbonyl (C=O) groups is 2. The first-order valence-electron chi connectivity index (χ1n) is 13.7. The minimum Gasteiger partial charge on any atom is -0.341 e. The van der Waals surface area contributed by atoms with Crippen molar-refractivity contribution in [1.82, 2.24) is 39.4 Å². The van der Waals surface area contributed by atoms with E-state index in [0.717, 1.165) is 11.5 Å². The summed E-state index contributed by atoms with van der Waals surface area (Å²) in [6, 6.07) is 6.49. The van der Waals surface area contributed by atoms with Crippen molar-refractivity contribution in [3.8, 4) is 22.5 Å². The molecule has 4 aromatic rings. The number of rotatable bonds is 4. The third-order valence-corrected chi connectivity index (χ3v) is 8.26. The predicted molar refractivity (Wildman–Crippen MR) is 149 cm³/mol. The van der Waals surface area contributed by atoms with Gasteiger partial charge in [-0.1, -0.05) is 12.1 Å². The fourth-order valence-corrected chi connectivity index (χ4v) is 6.16. The number of hydrogen-bond donors (Lipinski definition) is 1. The van der Waals surface area contributed by atoms with Gasteiger partial charge in [-0.25, -0.2) is 23.5 Å². The van der Waals surface area contributed by atoms with Crippen molar-refractivity contribution in [2.75, 3.05) is 27.2 Å². The van der Waals surface area contributed by atoms with Crippen molar-refractivity contribution < 1.29 is 18.4 Å². The molecule has 1 atom stereocenters. The van der Waals surface area contributed by atoms with E-state index in [1.807, 2.05) is 29.7 Å². The first-order chi connectivity index (χ1) is 19.7. The maximum Gasteiger partial charge on any atom is 0.317 e. The SMILES string of the molecule is CNC(=O)N1CCC(c2nc(-c3cccc4nc(-c5cnn(C)c5)c(C(F)F)cc34)c3n2C(C)C(=O)N(C)C3)CC1. The number of hydrogen-bond acceptors (Lipinski definition) is 5. The molecule has 10 nitrogen and oxygen atoms in total. The Morgan fingerprint density at radius 3 is 2.54 bits per heavy atom. The Bertz CT molecular complexity index is 1650. The quantitative estimate of drug-likeness (QED) is 0.395. The molecule has 0 aliphatic carbocycles. The second kappa shape index (κ2) is 10.2. The molecule has 6 rings (SSSR count). The molecule has 3 aromatic heterocycles. The highest BCUT2D eigenvalue weighted by Gasteiger charge is 2.37. The van der Waals surface area contributed by atoms with E-state index in [1.165, 1.54) is 12.3 Å². The van der Waals surface area contributed by atoms with E-state index >= 15 is 0 Å². The van der Waals surface area contributed by atoms with Gasteiger partial charge in [0, 0.05) is 68.4 Å². The van der Waals surface area contributed by atoms with Gasteiger partial charge in [0.05, 0.1) is 35.3 Å². The van der Waals surface area contributed by atoms with Crippen LogP contribution >= 0.6 is 0 Å². The first kappa shape index (κ1) is 26.9. The zero-order valence-corrected chi connectivity index (χ0v) is 23.4. The molecule has 2 aliphatic heterocycles. The van der Waals surface area contributed by atoms with Gasteiger partial charge in [-0.3, -0.25) is 9.48 Å². The van der Waals surface area contributed by atoms with Crippen LogP contribution in [-0.2, 0) is 18.4 Å². The third kappa shape index (κ3) is 4.51. The van der Waals surface area contributed by atoms with Crippen molar-refractivity contribution in [3.05, 3.63) is 53.7 Å². The fourth-order valence-electron chi connectivity index (χ4n) is 6.16. The molecule has 0 radical (unpaired) electrons. The van der Waals surface area contributed by atoms with Crippen LogP contribution in [0, 0.1) is 0 Å². The summed E-state index contributed by atoms with van der Waals surface area (Å²) in [7, 11) is 5.11. The molecule has 1 N–H and O–H groups in total. The van der Waals surface area contributed by atoms with E-state index in [1.54, 1.807) is 41.8 Å². The van der Waals surface area contributed by atoms with Crippen LogP contribution in [0.25, 0.3) is 33.4 Å². The van der Waals surface area contributed by atoms with E-state index in [-0.39, 0.29) is 29.1 Å². The summed E-state index contributed by atoms with van der Waals surface area (Å²) in [6.45, 7) is 3.38. The normalized spacial score (nSPS) is 17.9. The maximum absolute atomic E-state index is 14.4. The van der Waals surface area contributed by atoms with E-state index in [2.05, 4.69) is 15.4 Å². The average molecular weight is 563 g/mol. The Kier molecular flexibility index (Phi) is 6.71. The molecule has 12 heteroatoms. The van der Waals surface area contributed by atoms with E-state index in [9.17, 15) is 18.4 Å². The lowest BCUT2D eigenvalue weighted by Crippen LogP contribution is -2.43. The summed E-state index contributed by atoms with van der Waals surface area (Å²) in [5.41, 5.74) is 3.35. The Balaban J connectivity index is 1.50. The highest BCUT2D eigenvalue weighted by Crippen LogP contribution is 2.41. The predicted octanol–water partition coefficient (Wildman–Crippen LogP) is 4.49. The number of alkyl halides is 2. The largest absolute Gasteiger partial charge is 0.341 e. The number of imidazole rings is 1. The van der Waals surface area contributed by atoms with E-state index < -0.39 is 12.5 Å². The zero-order chi connectivity index (χ0) is 29.0. The smallest absolute Gasteiger partial charge is 0.317 e. The minimum absolute atomic E-state index is 0.00816. The first-order valence-corrected chi connectivity index (χ1v) is 13.7. The van der Waals surface area contributed by atoms with Crippen LogP contribution < -0.4 is 5.32 Å². The number of urea groups is 1. The summed E-state index contributed by atoms with van der Waals surface area (Å²) in [5, 5.41) is 7.39. The van der Waals surface area contributed by atoms with E-state index in [4.69, 9.17) is 4.98 Å². The molecule has 214 valence electrons. The van der Waals surface area contributed by atoms with Gasteiger partial charge < -0.3 is 19.7 Å². The van der Waals surface area contributed by atoms with Crippen LogP contribution in [0.1, 0.15) is 55.2 Å². The molecular formula is C29H32F2N8O2. The third-order valence-electron chi connectivity index (χ3n) is 8.26. The number of aryl methyl sites for hydroxylation is 1. The number of fused-ring (bicyclic) bond motifs is 2. The number of piperidine rings is 1. The number of carbonyl (C=O) groups excluding carboxylic acids is 2. The van der Waals surface area contributed by atoms with Crippen LogP contribution in [0.5, 0.6) is 0 Å². The number of nitrogens with one attached hydrogen (secondary N) is 1. The molecule has 1 unspecified atom stereocenters. The monoisotopic (exact) mass is 562 g/mol.